The van der Waals surface area contributed by atoms with Gasteiger partial charge < -0.3 is 25.2 Å². The molecule has 2 amide bonds. The van der Waals surface area contributed by atoms with Gasteiger partial charge in [-0.1, -0.05) is 51.3 Å². The summed E-state index contributed by atoms with van der Waals surface area (Å²) in [7, 11) is 0. The smallest absolute Gasteiger partial charge is 0.247 e. The van der Waals surface area contributed by atoms with Gasteiger partial charge >= 0.3 is 0 Å². The second-order valence-electron chi connectivity index (χ2n) is 8.35. The van der Waals surface area contributed by atoms with Crippen LogP contribution in [0.15, 0.2) is 48.1 Å². The number of halogens is 1. The molecule has 34 heavy (non-hydrogen) atoms. The summed E-state index contributed by atoms with van der Waals surface area (Å²) in [5.74, 6) is 0.100. The van der Waals surface area contributed by atoms with E-state index in [1.54, 1.807) is 17.1 Å². The molecule has 2 rings (SSSR count). The van der Waals surface area contributed by atoms with E-state index < -0.39 is 18.2 Å². The maximum atomic E-state index is 13.1. The third kappa shape index (κ3) is 8.39. The summed E-state index contributed by atoms with van der Waals surface area (Å²) >= 11 is 2.16. The van der Waals surface area contributed by atoms with Crippen molar-refractivity contribution in [1.82, 2.24) is 10.2 Å². The number of carbonyl (C=O) groups is 2. The second-order valence-corrected chi connectivity index (χ2v) is 9.51. The minimum absolute atomic E-state index is 0.129. The fourth-order valence-corrected chi connectivity index (χ4v) is 4.44. The quantitative estimate of drug-likeness (QED) is 0.187. The number of benzene rings is 1. The lowest BCUT2D eigenvalue weighted by Gasteiger charge is -2.40. The minimum atomic E-state index is -1.00. The maximum Gasteiger partial charge on any atom is 0.247 e. The molecule has 7 nitrogen and oxygen atoms in total. The van der Waals surface area contributed by atoms with E-state index in [1.807, 2.05) is 37.3 Å². The van der Waals surface area contributed by atoms with Crippen molar-refractivity contribution in [3.63, 3.8) is 0 Å². The van der Waals surface area contributed by atoms with Gasteiger partial charge in [-0.2, -0.15) is 0 Å². The number of unbranched alkanes of at least 4 members (excludes halogenated alkanes) is 3. The predicted molar refractivity (Wildman–Crippen MR) is 141 cm³/mol. The van der Waals surface area contributed by atoms with Gasteiger partial charge in [-0.15, -0.1) is 0 Å². The monoisotopic (exact) mass is 584 g/mol. The van der Waals surface area contributed by atoms with Crippen LogP contribution in [0.5, 0.6) is 5.75 Å². The average Bonchev–Trinajstić information content (AvgIpc) is 2.84. The number of ether oxygens (including phenoxy) is 1. The molecule has 0 spiro atoms. The molecule has 0 saturated carbocycles. The number of allylic oxidation sites excluding steroid dienone is 1. The molecule has 188 valence electrons. The Kier molecular flexibility index (Phi) is 12.6. The summed E-state index contributed by atoms with van der Waals surface area (Å²) in [6.07, 6.45) is 8.10. The molecule has 1 aliphatic carbocycles. The SMILES string of the molecule is CCC=CC(=O)N(CCCCCC)[C@@H]1CC(C(=O)NCCO)=C[C@H](Oc2ccccc2I)[C@H]1O. The number of para-hydroxylation sites is 1. The first kappa shape index (κ1) is 28.3. The number of hydrogen-bond donors (Lipinski definition) is 3. The zero-order chi connectivity index (χ0) is 24.9. The molecule has 0 radical (unpaired) electrons. The summed E-state index contributed by atoms with van der Waals surface area (Å²) in [4.78, 5) is 27.6. The van der Waals surface area contributed by atoms with Gasteiger partial charge in [0.25, 0.3) is 0 Å². The van der Waals surface area contributed by atoms with Crippen LogP contribution in [0, 0.1) is 3.57 Å². The Bertz CT molecular complexity index is 857. The Balaban J connectivity index is 2.36. The Morgan fingerprint density at radius 3 is 2.68 bits per heavy atom. The molecule has 3 atom stereocenters. The van der Waals surface area contributed by atoms with Gasteiger partial charge in [0.2, 0.25) is 11.8 Å². The predicted octanol–water partition coefficient (Wildman–Crippen LogP) is 3.58. The zero-order valence-electron chi connectivity index (χ0n) is 20.1. The molecular weight excluding hydrogens is 547 g/mol. The maximum absolute atomic E-state index is 13.1. The average molecular weight is 584 g/mol. The fraction of sp³-hybridized carbons (Fsp3) is 0.538. The number of nitrogens with zero attached hydrogens (tertiary/aromatic N) is 1. The molecule has 0 heterocycles. The van der Waals surface area contributed by atoms with Crippen LogP contribution < -0.4 is 10.1 Å². The lowest BCUT2D eigenvalue weighted by atomic mass is 9.88. The minimum Gasteiger partial charge on any atom is -0.482 e. The van der Waals surface area contributed by atoms with Gasteiger partial charge in [0.1, 0.15) is 18.0 Å². The van der Waals surface area contributed by atoms with Gasteiger partial charge in [-0.05, 0) is 59.7 Å². The van der Waals surface area contributed by atoms with Crippen LogP contribution in [0.25, 0.3) is 0 Å². The van der Waals surface area contributed by atoms with Crippen LogP contribution in [0.2, 0.25) is 0 Å². The van der Waals surface area contributed by atoms with E-state index in [2.05, 4.69) is 34.8 Å². The van der Waals surface area contributed by atoms with Crippen LogP contribution in [0.3, 0.4) is 0 Å². The molecule has 1 aromatic carbocycles. The van der Waals surface area contributed by atoms with Crippen molar-refractivity contribution in [2.24, 2.45) is 0 Å². The van der Waals surface area contributed by atoms with Crippen LogP contribution in [0.4, 0.5) is 0 Å². The number of amides is 2. The van der Waals surface area contributed by atoms with E-state index in [9.17, 15) is 14.7 Å². The van der Waals surface area contributed by atoms with Crippen LogP contribution in [-0.4, -0.2) is 64.9 Å². The molecule has 1 aliphatic rings. The van der Waals surface area contributed by atoms with E-state index in [-0.39, 0.29) is 31.4 Å². The summed E-state index contributed by atoms with van der Waals surface area (Å²) in [6.45, 7) is 4.55. The first-order valence-electron chi connectivity index (χ1n) is 12.1. The van der Waals surface area contributed by atoms with Crippen molar-refractivity contribution >= 4 is 34.4 Å². The number of aliphatic hydroxyl groups is 2. The van der Waals surface area contributed by atoms with E-state index in [0.29, 0.717) is 17.9 Å². The highest BCUT2D eigenvalue weighted by molar-refractivity contribution is 14.1. The molecule has 3 N–H and O–H groups in total. The van der Waals surface area contributed by atoms with Crippen LogP contribution >= 0.6 is 22.6 Å². The van der Waals surface area contributed by atoms with Gasteiger partial charge in [0.05, 0.1) is 16.2 Å². The molecule has 0 fully saturated rings. The van der Waals surface area contributed by atoms with Gasteiger partial charge in [-0.3, -0.25) is 9.59 Å². The topological polar surface area (TPSA) is 99.1 Å². The normalized spacial score (nSPS) is 20.1. The van der Waals surface area contributed by atoms with E-state index in [0.717, 1.165) is 35.7 Å². The number of hydrogen-bond acceptors (Lipinski definition) is 5. The first-order chi connectivity index (χ1) is 16.4. The number of nitrogens with one attached hydrogen (secondary N) is 1. The summed E-state index contributed by atoms with van der Waals surface area (Å²) in [5.41, 5.74) is 0.436. The van der Waals surface area contributed by atoms with Gasteiger partial charge in [0, 0.05) is 25.1 Å². The molecule has 1 aromatic rings. The standard InChI is InChI=1S/C26H37IN2O5/c1-3-5-7-10-15-29(24(31)13-6-4-2)21-17-19(26(33)28-14-16-30)18-23(25(21)32)34-22-12-9-8-11-20(22)27/h6,8-9,11-13,18,21,23,25,30,32H,3-5,7,10,14-17H2,1-2H3,(H,28,33)/t21-,23+,25+/m1/s1. The van der Waals surface area contributed by atoms with Crippen LogP contribution in [-0.2, 0) is 9.59 Å². The van der Waals surface area contributed by atoms with Crippen molar-refractivity contribution in [2.75, 3.05) is 19.7 Å². The Morgan fingerprint density at radius 1 is 1.24 bits per heavy atom. The molecule has 0 bridgehead atoms. The van der Waals surface area contributed by atoms with E-state index in [1.165, 1.54) is 0 Å². The highest BCUT2D eigenvalue weighted by atomic mass is 127. The van der Waals surface area contributed by atoms with Gasteiger partial charge in [0.15, 0.2) is 0 Å². The van der Waals surface area contributed by atoms with Crippen molar-refractivity contribution in [2.45, 2.75) is 70.6 Å². The van der Waals surface area contributed by atoms with Crippen molar-refractivity contribution in [3.05, 3.63) is 51.6 Å². The third-order valence-electron chi connectivity index (χ3n) is 5.75. The van der Waals surface area contributed by atoms with Crippen molar-refractivity contribution in [3.8, 4) is 5.75 Å². The zero-order valence-corrected chi connectivity index (χ0v) is 22.2. The molecule has 8 heteroatoms. The molecular formula is C26H37IN2O5. The Hall–Kier alpha value is -1.91. The van der Waals surface area contributed by atoms with Crippen LogP contribution in [0.1, 0.15) is 52.4 Å². The molecule has 0 aromatic heterocycles. The molecule has 0 saturated heterocycles. The van der Waals surface area contributed by atoms with Crippen molar-refractivity contribution < 1.29 is 24.5 Å². The number of aliphatic hydroxyl groups excluding tert-OH is 2. The Labute approximate surface area is 216 Å². The van der Waals surface area contributed by atoms with E-state index in [4.69, 9.17) is 9.84 Å². The highest BCUT2D eigenvalue weighted by Crippen LogP contribution is 2.30. The lowest BCUT2D eigenvalue weighted by molar-refractivity contribution is -0.133. The first-order valence-corrected chi connectivity index (χ1v) is 13.2. The second kappa shape index (κ2) is 15.2. The summed E-state index contributed by atoms with van der Waals surface area (Å²) in [5, 5.41) is 23.1. The van der Waals surface area contributed by atoms with Crippen molar-refractivity contribution in [1.29, 1.82) is 0 Å². The third-order valence-corrected chi connectivity index (χ3v) is 6.64. The highest BCUT2D eigenvalue weighted by Gasteiger charge is 2.40. The Morgan fingerprint density at radius 2 is 2.00 bits per heavy atom. The number of carbonyl (C=O) groups excluding carboxylic acids is 2. The van der Waals surface area contributed by atoms with E-state index >= 15 is 0 Å². The summed E-state index contributed by atoms with van der Waals surface area (Å²) < 4.78 is 7.03. The summed E-state index contributed by atoms with van der Waals surface area (Å²) in [6, 6.07) is 6.86. The number of rotatable bonds is 13. The largest absolute Gasteiger partial charge is 0.482 e. The van der Waals surface area contributed by atoms with Gasteiger partial charge in [-0.25, -0.2) is 0 Å². The molecule has 0 unspecified atom stereocenters. The molecule has 0 aliphatic heterocycles. The lowest BCUT2D eigenvalue weighted by Crippen LogP contribution is -2.55. The fourth-order valence-electron chi connectivity index (χ4n) is 3.93.